The van der Waals surface area contributed by atoms with Crippen LogP contribution in [-0.2, 0) is 22.7 Å². The monoisotopic (exact) mass is 387 g/mol. The van der Waals surface area contributed by atoms with Crippen LogP contribution in [0.3, 0.4) is 0 Å². The second kappa shape index (κ2) is 14.3. The quantitative estimate of drug-likeness (QED) is 0.373. The summed E-state index contributed by atoms with van der Waals surface area (Å²) in [7, 11) is 0. The normalized spacial score (nSPS) is 11.2. The van der Waals surface area contributed by atoms with E-state index in [4.69, 9.17) is 15.9 Å². The fraction of sp³-hybridized carbons (Fsp3) is 0.333. The molecule has 0 aliphatic heterocycles. The van der Waals surface area contributed by atoms with Crippen molar-refractivity contribution in [3.8, 4) is 0 Å². The van der Waals surface area contributed by atoms with E-state index in [2.05, 4.69) is 59.2 Å². The Morgan fingerprint density at radius 2 is 1.25 bits per heavy atom. The molecule has 0 aliphatic carbocycles. The van der Waals surface area contributed by atoms with Gasteiger partial charge in [0.1, 0.15) is 6.04 Å². The van der Waals surface area contributed by atoms with E-state index >= 15 is 0 Å². The van der Waals surface area contributed by atoms with Crippen LogP contribution >= 0.6 is 0 Å². The van der Waals surface area contributed by atoms with Crippen molar-refractivity contribution in [3.05, 3.63) is 71.8 Å². The first-order valence-electron chi connectivity index (χ1n) is 9.18. The molecule has 2 aromatic rings. The predicted molar refractivity (Wildman–Crippen MR) is 109 cm³/mol. The van der Waals surface area contributed by atoms with E-state index in [9.17, 15) is 9.59 Å². The van der Waals surface area contributed by atoms with Gasteiger partial charge in [-0.25, -0.2) is 0 Å². The molecular formula is C21H29N3O4. The Bertz CT molecular complexity index is 637. The van der Waals surface area contributed by atoms with Crippen LogP contribution in [0.15, 0.2) is 60.7 Å². The van der Waals surface area contributed by atoms with Gasteiger partial charge in [-0.15, -0.1) is 0 Å². The van der Waals surface area contributed by atoms with Gasteiger partial charge in [0.25, 0.3) is 0 Å². The first kappa shape index (κ1) is 23.3. The lowest BCUT2D eigenvalue weighted by Crippen LogP contribution is -2.30. The molecule has 6 N–H and O–H groups in total. The Balaban J connectivity index is 0.000000336. The standard InChI is InChI=1S/C16H20N2.C5H9NO4/c1-3-7-15(8-4-1)13-17-11-12-18-14-16-9-5-2-6-10-16;6-3(5(9)10)1-2-4(7)8/h1-10,17-18H,11-14H2;3H,1-2,6H2,(H,7,8)(H,9,10). The molecule has 7 nitrogen and oxygen atoms in total. The molecule has 1 unspecified atom stereocenters. The molecule has 0 spiro atoms. The summed E-state index contributed by atoms with van der Waals surface area (Å²) in [5.41, 5.74) is 7.67. The highest BCUT2D eigenvalue weighted by Crippen LogP contribution is 1.98. The summed E-state index contributed by atoms with van der Waals surface area (Å²) in [6.07, 6.45) is -0.224. The first-order chi connectivity index (χ1) is 13.5. The summed E-state index contributed by atoms with van der Waals surface area (Å²) in [5, 5.41) is 23.1. The summed E-state index contributed by atoms with van der Waals surface area (Å²) in [6, 6.07) is 19.9. The van der Waals surface area contributed by atoms with Crippen LogP contribution in [0.1, 0.15) is 24.0 Å². The zero-order valence-corrected chi connectivity index (χ0v) is 15.9. The first-order valence-corrected chi connectivity index (χ1v) is 9.18. The number of carbonyl (C=O) groups is 2. The molecule has 2 rings (SSSR count). The third-order valence-electron chi connectivity index (χ3n) is 3.81. The average Bonchev–Trinajstić information content (AvgIpc) is 2.70. The number of hydrogen-bond acceptors (Lipinski definition) is 5. The Labute approximate surface area is 165 Å². The van der Waals surface area contributed by atoms with Gasteiger partial charge in [0.05, 0.1) is 0 Å². The Morgan fingerprint density at radius 1 is 0.821 bits per heavy atom. The summed E-state index contributed by atoms with van der Waals surface area (Å²) < 4.78 is 0. The third-order valence-corrected chi connectivity index (χ3v) is 3.81. The summed E-state index contributed by atoms with van der Waals surface area (Å²) >= 11 is 0. The molecular weight excluding hydrogens is 358 g/mol. The molecule has 0 saturated carbocycles. The Kier molecular flexibility index (Phi) is 11.9. The van der Waals surface area contributed by atoms with E-state index in [1.54, 1.807) is 0 Å². The number of benzene rings is 2. The van der Waals surface area contributed by atoms with Gasteiger partial charge in [-0.1, -0.05) is 60.7 Å². The summed E-state index contributed by atoms with van der Waals surface area (Å²) in [5.74, 6) is -2.20. The van der Waals surface area contributed by atoms with Crippen molar-refractivity contribution in [1.82, 2.24) is 10.6 Å². The van der Waals surface area contributed by atoms with Crippen LogP contribution in [0.2, 0.25) is 0 Å². The lowest BCUT2D eigenvalue weighted by molar-refractivity contribution is -0.139. The highest BCUT2D eigenvalue weighted by molar-refractivity contribution is 5.74. The largest absolute Gasteiger partial charge is 0.481 e. The van der Waals surface area contributed by atoms with Crippen molar-refractivity contribution in [1.29, 1.82) is 0 Å². The van der Waals surface area contributed by atoms with Gasteiger partial charge in [0, 0.05) is 32.6 Å². The van der Waals surface area contributed by atoms with Gasteiger partial charge in [-0.05, 0) is 17.5 Å². The van der Waals surface area contributed by atoms with Gasteiger partial charge in [-0.3, -0.25) is 9.59 Å². The van der Waals surface area contributed by atoms with E-state index in [1.807, 2.05) is 12.1 Å². The van der Waals surface area contributed by atoms with Crippen molar-refractivity contribution in [3.63, 3.8) is 0 Å². The SMILES string of the molecule is NC(CCC(=O)O)C(=O)O.c1ccc(CNCCNCc2ccccc2)cc1. The molecule has 0 radical (unpaired) electrons. The molecule has 28 heavy (non-hydrogen) atoms. The van der Waals surface area contributed by atoms with E-state index in [1.165, 1.54) is 11.1 Å². The van der Waals surface area contributed by atoms with E-state index in [0.29, 0.717) is 0 Å². The Morgan fingerprint density at radius 3 is 1.61 bits per heavy atom. The highest BCUT2D eigenvalue weighted by atomic mass is 16.4. The molecule has 152 valence electrons. The van der Waals surface area contributed by atoms with Crippen LogP contribution in [0.5, 0.6) is 0 Å². The second-order valence-electron chi connectivity index (χ2n) is 6.20. The predicted octanol–water partition coefficient (Wildman–Crippen LogP) is 1.83. The fourth-order valence-electron chi connectivity index (χ4n) is 2.24. The van der Waals surface area contributed by atoms with Gasteiger partial charge in [-0.2, -0.15) is 0 Å². The second-order valence-corrected chi connectivity index (χ2v) is 6.20. The van der Waals surface area contributed by atoms with E-state index in [0.717, 1.165) is 26.2 Å². The molecule has 7 heteroatoms. The number of aliphatic carboxylic acids is 2. The van der Waals surface area contributed by atoms with Crippen LogP contribution in [0.25, 0.3) is 0 Å². The maximum absolute atomic E-state index is 9.99. The maximum atomic E-state index is 9.99. The van der Waals surface area contributed by atoms with Crippen LogP contribution < -0.4 is 16.4 Å². The molecule has 0 fully saturated rings. The topological polar surface area (TPSA) is 125 Å². The molecule has 0 heterocycles. The average molecular weight is 387 g/mol. The van der Waals surface area contributed by atoms with Gasteiger partial charge in [0.15, 0.2) is 0 Å². The number of nitrogens with two attached hydrogens (primary N) is 1. The molecule has 0 bridgehead atoms. The summed E-state index contributed by atoms with van der Waals surface area (Å²) in [6.45, 7) is 3.85. The number of hydrogen-bond donors (Lipinski definition) is 5. The molecule has 1 atom stereocenters. The molecule has 0 aliphatic rings. The van der Waals surface area contributed by atoms with Crippen molar-refractivity contribution < 1.29 is 19.8 Å². The van der Waals surface area contributed by atoms with Gasteiger partial charge < -0.3 is 26.6 Å². The zero-order chi connectivity index (χ0) is 20.6. The van der Waals surface area contributed by atoms with E-state index < -0.39 is 18.0 Å². The van der Waals surface area contributed by atoms with Gasteiger partial charge in [0.2, 0.25) is 0 Å². The van der Waals surface area contributed by atoms with Crippen molar-refractivity contribution >= 4 is 11.9 Å². The van der Waals surface area contributed by atoms with E-state index in [-0.39, 0.29) is 12.8 Å². The zero-order valence-electron chi connectivity index (χ0n) is 15.9. The number of carboxylic acid groups (broad SMARTS) is 2. The number of nitrogens with one attached hydrogen (secondary N) is 2. The Hall–Kier alpha value is -2.74. The third kappa shape index (κ3) is 11.8. The smallest absolute Gasteiger partial charge is 0.320 e. The van der Waals surface area contributed by atoms with Crippen LogP contribution in [0.4, 0.5) is 0 Å². The molecule has 0 saturated heterocycles. The van der Waals surface area contributed by atoms with Gasteiger partial charge >= 0.3 is 11.9 Å². The van der Waals surface area contributed by atoms with Crippen molar-refractivity contribution in [2.45, 2.75) is 32.0 Å². The number of carboxylic acids is 2. The van der Waals surface area contributed by atoms with Crippen molar-refractivity contribution in [2.75, 3.05) is 13.1 Å². The van der Waals surface area contributed by atoms with Crippen LogP contribution in [-0.4, -0.2) is 41.3 Å². The highest BCUT2D eigenvalue weighted by Gasteiger charge is 2.12. The minimum absolute atomic E-state index is 0.0231. The molecule has 0 amide bonds. The lowest BCUT2D eigenvalue weighted by atomic mass is 10.2. The molecule has 0 aromatic heterocycles. The summed E-state index contributed by atoms with van der Waals surface area (Å²) in [4.78, 5) is 19.9. The number of rotatable bonds is 11. The minimum atomic E-state index is -1.17. The fourth-order valence-corrected chi connectivity index (χ4v) is 2.24. The lowest BCUT2D eigenvalue weighted by Gasteiger charge is -2.06. The molecule has 2 aromatic carbocycles. The van der Waals surface area contributed by atoms with Crippen molar-refractivity contribution in [2.24, 2.45) is 5.73 Å². The minimum Gasteiger partial charge on any atom is -0.481 e. The maximum Gasteiger partial charge on any atom is 0.320 e. The van der Waals surface area contributed by atoms with Crippen LogP contribution in [0, 0.1) is 0 Å².